The number of halogens is 5. The van der Waals surface area contributed by atoms with Crippen molar-refractivity contribution in [1.29, 1.82) is 0 Å². The number of H-pyrrole nitrogens is 1. The Kier molecular flexibility index (Phi) is 6.69. The Morgan fingerprint density at radius 2 is 1.90 bits per heavy atom. The first kappa shape index (κ1) is 22.1. The Balaban J connectivity index is 1.82. The largest absolute Gasteiger partial charge is 0.493 e. The van der Waals surface area contributed by atoms with Gasteiger partial charge in [0.1, 0.15) is 6.61 Å². The van der Waals surface area contributed by atoms with Gasteiger partial charge in [-0.2, -0.15) is 22.9 Å². The molecule has 0 bridgehead atoms. The normalized spacial score (nSPS) is 11.8. The van der Waals surface area contributed by atoms with Crippen molar-refractivity contribution < 1.29 is 22.6 Å². The van der Waals surface area contributed by atoms with Gasteiger partial charge in [-0.25, -0.2) is 5.10 Å². The standard InChI is InChI=1S/C18H13Cl2F3N4O2S/c1-28-15-7-10(8-24-27-16(18(21,22)23)25-26-17(27)30)5-6-14(15)29-9-11-12(19)3-2-4-13(11)20/h2-8H,9H2,1H3,(H,26,30). The molecule has 0 spiro atoms. The third kappa shape index (κ3) is 4.94. The third-order valence-electron chi connectivity index (χ3n) is 3.85. The smallest absolute Gasteiger partial charge is 0.453 e. The van der Waals surface area contributed by atoms with Gasteiger partial charge < -0.3 is 9.47 Å². The van der Waals surface area contributed by atoms with Crippen LogP contribution in [0.3, 0.4) is 0 Å². The number of hydrogen-bond acceptors (Lipinski definition) is 5. The predicted molar refractivity (Wildman–Crippen MR) is 109 cm³/mol. The lowest BCUT2D eigenvalue weighted by Crippen LogP contribution is -2.12. The van der Waals surface area contributed by atoms with Gasteiger partial charge >= 0.3 is 6.18 Å². The SMILES string of the molecule is COc1cc(C=Nn2c(C(F)(F)F)n[nH]c2=S)ccc1OCc1c(Cl)cccc1Cl. The number of aromatic amines is 1. The summed E-state index contributed by atoms with van der Waals surface area (Å²) in [5, 5.41) is 9.91. The Hall–Kier alpha value is -2.56. The van der Waals surface area contributed by atoms with E-state index < -0.39 is 12.0 Å². The molecule has 1 N–H and O–H groups in total. The second-order valence-electron chi connectivity index (χ2n) is 5.81. The highest BCUT2D eigenvalue weighted by Crippen LogP contribution is 2.31. The van der Waals surface area contributed by atoms with E-state index in [4.69, 9.17) is 44.9 Å². The Labute approximate surface area is 183 Å². The van der Waals surface area contributed by atoms with Crippen LogP contribution in [0, 0.1) is 4.77 Å². The number of ether oxygens (including phenoxy) is 2. The summed E-state index contributed by atoms with van der Waals surface area (Å²) in [6.45, 7) is 0.0986. The number of aromatic nitrogens is 3. The van der Waals surface area contributed by atoms with Crippen molar-refractivity contribution in [3.05, 3.63) is 68.2 Å². The Morgan fingerprint density at radius 1 is 1.20 bits per heavy atom. The highest BCUT2D eigenvalue weighted by molar-refractivity contribution is 7.71. The fourth-order valence-electron chi connectivity index (χ4n) is 2.41. The molecular formula is C18H13Cl2F3N4O2S. The number of nitrogens with one attached hydrogen (secondary N) is 1. The highest BCUT2D eigenvalue weighted by Gasteiger charge is 2.37. The number of rotatable bonds is 6. The molecule has 3 aromatic rings. The molecule has 0 aliphatic rings. The van der Waals surface area contributed by atoms with Crippen LogP contribution in [0.25, 0.3) is 0 Å². The summed E-state index contributed by atoms with van der Waals surface area (Å²) < 4.78 is 50.1. The van der Waals surface area contributed by atoms with Gasteiger partial charge in [0.05, 0.1) is 13.3 Å². The molecule has 12 heteroatoms. The summed E-state index contributed by atoms with van der Waals surface area (Å²) in [5.74, 6) is -0.525. The zero-order valence-electron chi connectivity index (χ0n) is 15.2. The maximum absolute atomic E-state index is 13.0. The summed E-state index contributed by atoms with van der Waals surface area (Å²) in [6, 6.07) is 9.83. The minimum Gasteiger partial charge on any atom is -0.493 e. The molecule has 0 saturated carbocycles. The van der Waals surface area contributed by atoms with Crippen LogP contribution in [-0.2, 0) is 12.8 Å². The number of benzene rings is 2. The topological polar surface area (TPSA) is 64.4 Å². The lowest BCUT2D eigenvalue weighted by Gasteiger charge is -2.13. The fraction of sp³-hybridized carbons (Fsp3) is 0.167. The third-order valence-corrected chi connectivity index (χ3v) is 4.82. The Morgan fingerprint density at radius 3 is 2.53 bits per heavy atom. The number of alkyl halides is 3. The maximum Gasteiger partial charge on any atom is 0.453 e. The van der Waals surface area contributed by atoms with Crippen molar-refractivity contribution in [1.82, 2.24) is 14.9 Å². The van der Waals surface area contributed by atoms with E-state index in [-0.39, 0.29) is 11.4 Å². The van der Waals surface area contributed by atoms with Gasteiger partial charge in [-0.15, -0.1) is 5.10 Å². The average molecular weight is 477 g/mol. The van der Waals surface area contributed by atoms with Crippen molar-refractivity contribution in [3.63, 3.8) is 0 Å². The fourth-order valence-corrected chi connectivity index (χ4v) is 3.10. The van der Waals surface area contributed by atoms with Crippen LogP contribution in [0.5, 0.6) is 11.5 Å². The zero-order chi connectivity index (χ0) is 21.9. The average Bonchev–Trinajstić information content (AvgIpc) is 3.07. The highest BCUT2D eigenvalue weighted by atomic mass is 35.5. The van der Waals surface area contributed by atoms with Gasteiger partial charge in [0, 0.05) is 15.6 Å². The van der Waals surface area contributed by atoms with E-state index in [1.165, 1.54) is 13.3 Å². The molecular weight excluding hydrogens is 464 g/mol. The van der Waals surface area contributed by atoms with Crippen molar-refractivity contribution in [2.45, 2.75) is 12.8 Å². The summed E-state index contributed by atoms with van der Waals surface area (Å²) >= 11 is 17.1. The molecule has 0 aliphatic carbocycles. The quantitative estimate of drug-likeness (QED) is 0.364. The summed E-state index contributed by atoms with van der Waals surface area (Å²) in [6.07, 6.45) is -3.52. The first-order valence-electron chi connectivity index (χ1n) is 8.23. The molecule has 0 fully saturated rings. The van der Waals surface area contributed by atoms with Crippen molar-refractivity contribution >= 4 is 41.6 Å². The van der Waals surface area contributed by atoms with Crippen molar-refractivity contribution in [3.8, 4) is 11.5 Å². The second-order valence-corrected chi connectivity index (χ2v) is 7.01. The van der Waals surface area contributed by atoms with Gasteiger partial charge in [0.15, 0.2) is 11.5 Å². The van der Waals surface area contributed by atoms with E-state index in [1.807, 2.05) is 0 Å². The first-order chi connectivity index (χ1) is 14.2. The molecule has 6 nitrogen and oxygen atoms in total. The lowest BCUT2D eigenvalue weighted by atomic mass is 10.2. The maximum atomic E-state index is 13.0. The minimum atomic E-state index is -4.71. The number of nitrogens with zero attached hydrogens (tertiary/aromatic N) is 3. The molecule has 0 saturated heterocycles. The summed E-state index contributed by atoms with van der Waals surface area (Å²) in [7, 11) is 1.43. The van der Waals surface area contributed by atoms with Crippen LogP contribution in [-0.4, -0.2) is 28.2 Å². The van der Waals surface area contributed by atoms with E-state index in [2.05, 4.69) is 15.3 Å². The van der Waals surface area contributed by atoms with Gasteiger partial charge in [-0.05, 0) is 48.1 Å². The van der Waals surface area contributed by atoms with Gasteiger partial charge in [-0.1, -0.05) is 29.3 Å². The molecule has 0 atom stereocenters. The van der Waals surface area contributed by atoms with Crippen LogP contribution in [0.4, 0.5) is 13.2 Å². The molecule has 0 unspecified atom stereocenters. The van der Waals surface area contributed by atoms with E-state index >= 15 is 0 Å². The van der Waals surface area contributed by atoms with Crippen LogP contribution in [0.2, 0.25) is 10.0 Å². The van der Waals surface area contributed by atoms with Crippen LogP contribution in [0.1, 0.15) is 17.0 Å². The van der Waals surface area contributed by atoms with Crippen LogP contribution in [0.15, 0.2) is 41.5 Å². The molecule has 0 amide bonds. The monoisotopic (exact) mass is 476 g/mol. The van der Waals surface area contributed by atoms with Crippen molar-refractivity contribution in [2.75, 3.05) is 7.11 Å². The van der Waals surface area contributed by atoms with Gasteiger partial charge in [0.2, 0.25) is 4.77 Å². The molecule has 0 aliphatic heterocycles. The number of methoxy groups -OCH3 is 1. The van der Waals surface area contributed by atoms with E-state index in [0.717, 1.165) is 0 Å². The van der Waals surface area contributed by atoms with Gasteiger partial charge in [0.25, 0.3) is 5.82 Å². The molecule has 30 heavy (non-hydrogen) atoms. The van der Waals surface area contributed by atoms with E-state index in [0.29, 0.717) is 37.3 Å². The van der Waals surface area contributed by atoms with Crippen molar-refractivity contribution in [2.24, 2.45) is 5.10 Å². The van der Waals surface area contributed by atoms with Crippen LogP contribution < -0.4 is 9.47 Å². The minimum absolute atomic E-state index is 0.0986. The second kappa shape index (κ2) is 9.07. The Bertz CT molecular complexity index is 1120. The molecule has 0 radical (unpaired) electrons. The molecule has 1 aromatic heterocycles. The molecule has 3 rings (SSSR count). The lowest BCUT2D eigenvalue weighted by molar-refractivity contribution is -0.147. The summed E-state index contributed by atoms with van der Waals surface area (Å²) in [4.78, 5) is 0. The summed E-state index contributed by atoms with van der Waals surface area (Å²) in [5.41, 5.74) is 1.06. The number of hydrogen-bond donors (Lipinski definition) is 1. The van der Waals surface area contributed by atoms with E-state index in [9.17, 15) is 13.2 Å². The molecule has 2 aromatic carbocycles. The molecule has 158 valence electrons. The van der Waals surface area contributed by atoms with E-state index in [1.54, 1.807) is 36.4 Å². The van der Waals surface area contributed by atoms with Crippen LogP contribution >= 0.6 is 35.4 Å². The molecule has 1 heterocycles. The predicted octanol–water partition coefficient (Wildman–Crippen LogP) is 5.74. The zero-order valence-corrected chi connectivity index (χ0v) is 17.5. The van der Waals surface area contributed by atoms with Gasteiger partial charge in [-0.3, -0.25) is 0 Å². The first-order valence-corrected chi connectivity index (χ1v) is 9.40.